The predicted molar refractivity (Wildman–Crippen MR) is 90.7 cm³/mol. The van der Waals surface area contributed by atoms with Crippen molar-refractivity contribution < 1.29 is 0 Å². The summed E-state index contributed by atoms with van der Waals surface area (Å²) < 4.78 is 0. The number of benzene rings is 2. The van der Waals surface area contributed by atoms with Crippen molar-refractivity contribution in [3.05, 3.63) is 59.7 Å². The predicted octanol–water partition coefficient (Wildman–Crippen LogP) is 5.53. The lowest BCUT2D eigenvalue weighted by Gasteiger charge is -2.18. The Labute approximate surface area is 126 Å². The first kappa shape index (κ1) is 15.0. The summed E-state index contributed by atoms with van der Waals surface area (Å²) in [5, 5.41) is 3.63. The smallest absolute Gasteiger partial charge is 0.0486 e. The third kappa shape index (κ3) is 3.80. The lowest BCUT2D eigenvalue weighted by Crippen LogP contribution is -2.07. The standard InChI is InChI=1S/C18H23NS/c1-4-15-10-12-16(13-11-15)14(3)19-17-8-6-7-9-18(17)20-5-2/h6-14,19H,4-5H2,1-3H3. The number of anilines is 1. The second-order valence-electron chi connectivity index (χ2n) is 4.89. The van der Waals surface area contributed by atoms with E-state index in [0.717, 1.165) is 12.2 Å². The molecule has 0 aliphatic carbocycles. The molecular formula is C18H23NS. The highest BCUT2D eigenvalue weighted by Crippen LogP contribution is 2.29. The molecule has 0 saturated carbocycles. The van der Waals surface area contributed by atoms with Gasteiger partial charge in [-0.1, -0.05) is 50.2 Å². The SMILES string of the molecule is CCSc1ccccc1NC(C)c1ccc(CC)cc1. The molecule has 2 heteroatoms. The Morgan fingerprint density at radius 1 is 1.00 bits per heavy atom. The van der Waals surface area contributed by atoms with Crippen molar-refractivity contribution in [2.45, 2.75) is 38.1 Å². The van der Waals surface area contributed by atoms with Crippen LogP contribution in [-0.2, 0) is 6.42 Å². The van der Waals surface area contributed by atoms with E-state index >= 15 is 0 Å². The zero-order chi connectivity index (χ0) is 14.4. The Kier molecular flexibility index (Phi) is 5.54. The van der Waals surface area contributed by atoms with Gasteiger partial charge in [0.15, 0.2) is 0 Å². The fourth-order valence-electron chi connectivity index (χ4n) is 2.23. The van der Waals surface area contributed by atoms with E-state index in [0.29, 0.717) is 6.04 Å². The molecule has 0 fully saturated rings. The first-order valence-electron chi connectivity index (χ1n) is 7.31. The lowest BCUT2D eigenvalue weighted by atomic mass is 10.0. The Bertz CT molecular complexity index is 533. The average Bonchev–Trinajstić information content (AvgIpc) is 2.49. The third-order valence-corrected chi connectivity index (χ3v) is 4.40. The second-order valence-corrected chi connectivity index (χ2v) is 6.20. The van der Waals surface area contributed by atoms with Crippen LogP contribution in [0.3, 0.4) is 0 Å². The molecule has 2 rings (SSSR count). The van der Waals surface area contributed by atoms with Crippen LogP contribution in [0.5, 0.6) is 0 Å². The molecule has 0 amide bonds. The van der Waals surface area contributed by atoms with E-state index in [2.05, 4.69) is 74.6 Å². The minimum absolute atomic E-state index is 0.319. The van der Waals surface area contributed by atoms with Crippen LogP contribution in [0.25, 0.3) is 0 Å². The molecule has 0 aliphatic rings. The maximum Gasteiger partial charge on any atom is 0.0486 e. The number of rotatable bonds is 6. The van der Waals surface area contributed by atoms with Crippen LogP contribution in [0.15, 0.2) is 53.4 Å². The molecule has 1 atom stereocenters. The number of hydrogen-bond acceptors (Lipinski definition) is 2. The van der Waals surface area contributed by atoms with Gasteiger partial charge in [0, 0.05) is 16.6 Å². The Hall–Kier alpha value is -1.41. The molecule has 1 N–H and O–H groups in total. The molecule has 106 valence electrons. The van der Waals surface area contributed by atoms with E-state index in [1.165, 1.54) is 21.7 Å². The Balaban J connectivity index is 2.12. The summed E-state index contributed by atoms with van der Waals surface area (Å²) in [5.74, 6) is 1.10. The summed E-state index contributed by atoms with van der Waals surface area (Å²) in [6.45, 7) is 6.59. The molecule has 0 aromatic heterocycles. The minimum atomic E-state index is 0.319. The van der Waals surface area contributed by atoms with Gasteiger partial charge in [-0.25, -0.2) is 0 Å². The van der Waals surface area contributed by atoms with Crippen molar-refractivity contribution >= 4 is 17.4 Å². The van der Waals surface area contributed by atoms with Crippen LogP contribution >= 0.6 is 11.8 Å². The van der Waals surface area contributed by atoms with Crippen molar-refractivity contribution in [3.63, 3.8) is 0 Å². The molecule has 0 saturated heterocycles. The van der Waals surface area contributed by atoms with Gasteiger partial charge in [0.05, 0.1) is 0 Å². The van der Waals surface area contributed by atoms with E-state index in [1.807, 2.05) is 11.8 Å². The van der Waals surface area contributed by atoms with Gasteiger partial charge in [0.25, 0.3) is 0 Å². The number of para-hydroxylation sites is 1. The quantitative estimate of drug-likeness (QED) is 0.700. The minimum Gasteiger partial charge on any atom is -0.378 e. The largest absolute Gasteiger partial charge is 0.378 e. The van der Waals surface area contributed by atoms with Gasteiger partial charge < -0.3 is 5.32 Å². The number of hydrogen-bond donors (Lipinski definition) is 1. The van der Waals surface area contributed by atoms with E-state index < -0.39 is 0 Å². The van der Waals surface area contributed by atoms with E-state index in [9.17, 15) is 0 Å². The fraction of sp³-hybridized carbons (Fsp3) is 0.333. The highest BCUT2D eigenvalue weighted by molar-refractivity contribution is 7.99. The Morgan fingerprint density at radius 2 is 1.70 bits per heavy atom. The zero-order valence-corrected chi connectivity index (χ0v) is 13.3. The summed E-state index contributed by atoms with van der Waals surface area (Å²) in [6, 6.07) is 17.8. The first-order valence-corrected chi connectivity index (χ1v) is 8.30. The highest BCUT2D eigenvalue weighted by Gasteiger charge is 2.08. The van der Waals surface area contributed by atoms with Crippen LogP contribution < -0.4 is 5.32 Å². The summed E-state index contributed by atoms with van der Waals surface area (Å²) >= 11 is 1.88. The molecule has 2 aromatic carbocycles. The fourth-order valence-corrected chi connectivity index (χ4v) is 2.99. The molecule has 2 aromatic rings. The number of aryl methyl sites for hydroxylation is 1. The molecule has 20 heavy (non-hydrogen) atoms. The van der Waals surface area contributed by atoms with Crippen LogP contribution in [0.1, 0.15) is 37.9 Å². The molecule has 0 spiro atoms. The van der Waals surface area contributed by atoms with Crippen molar-refractivity contribution in [3.8, 4) is 0 Å². The van der Waals surface area contributed by atoms with Crippen molar-refractivity contribution in [2.75, 3.05) is 11.1 Å². The van der Waals surface area contributed by atoms with Gasteiger partial charge in [-0.05, 0) is 42.4 Å². The van der Waals surface area contributed by atoms with Crippen LogP contribution in [-0.4, -0.2) is 5.75 Å². The van der Waals surface area contributed by atoms with Crippen LogP contribution in [0.2, 0.25) is 0 Å². The molecular weight excluding hydrogens is 262 g/mol. The zero-order valence-electron chi connectivity index (χ0n) is 12.5. The molecule has 0 radical (unpaired) electrons. The molecule has 1 unspecified atom stereocenters. The lowest BCUT2D eigenvalue weighted by molar-refractivity contribution is 0.877. The Morgan fingerprint density at radius 3 is 2.35 bits per heavy atom. The van der Waals surface area contributed by atoms with Crippen molar-refractivity contribution in [2.24, 2.45) is 0 Å². The number of nitrogens with one attached hydrogen (secondary N) is 1. The van der Waals surface area contributed by atoms with Crippen LogP contribution in [0, 0.1) is 0 Å². The van der Waals surface area contributed by atoms with E-state index in [-0.39, 0.29) is 0 Å². The average molecular weight is 285 g/mol. The van der Waals surface area contributed by atoms with Crippen molar-refractivity contribution in [1.29, 1.82) is 0 Å². The van der Waals surface area contributed by atoms with Gasteiger partial charge in [0.2, 0.25) is 0 Å². The first-order chi connectivity index (χ1) is 9.74. The second kappa shape index (κ2) is 7.39. The highest BCUT2D eigenvalue weighted by atomic mass is 32.2. The van der Waals surface area contributed by atoms with Crippen LogP contribution in [0.4, 0.5) is 5.69 Å². The third-order valence-electron chi connectivity index (χ3n) is 3.45. The van der Waals surface area contributed by atoms with Gasteiger partial charge in [-0.3, -0.25) is 0 Å². The summed E-state index contributed by atoms with van der Waals surface area (Å²) in [6.07, 6.45) is 1.10. The maximum atomic E-state index is 3.63. The topological polar surface area (TPSA) is 12.0 Å². The summed E-state index contributed by atoms with van der Waals surface area (Å²) in [5.41, 5.74) is 3.95. The molecule has 0 aliphatic heterocycles. The van der Waals surface area contributed by atoms with E-state index in [4.69, 9.17) is 0 Å². The van der Waals surface area contributed by atoms with Gasteiger partial charge in [0.1, 0.15) is 0 Å². The van der Waals surface area contributed by atoms with Gasteiger partial charge in [-0.15, -0.1) is 11.8 Å². The number of thioether (sulfide) groups is 1. The monoisotopic (exact) mass is 285 g/mol. The maximum absolute atomic E-state index is 3.63. The molecule has 0 heterocycles. The van der Waals surface area contributed by atoms with Crippen molar-refractivity contribution in [1.82, 2.24) is 0 Å². The summed E-state index contributed by atoms with van der Waals surface area (Å²) in [4.78, 5) is 1.33. The normalized spacial score (nSPS) is 12.2. The summed E-state index contributed by atoms with van der Waals surface area (Å²) in [7, 11) is 0. The van der Waals surface area contributed by atoms with Gasteiger partial charge in [-0.2, -0.15) is 0 Å². The van der Waals surface area contributed by atoms with Gasteiger partial charge >= 0.3 is 0 Å². The molecule has 0 bridgehead atoms. The molecule has 1 nitrogen and oxygen atoms in total. The van der Waals surface area contributed by atoms with E-state index in [1.54, 1.807) is 0 Å².